The van der Waals surface area contributed by atoms with Crippen LogP contribution in [0.3, 0.4) is 0 Å². The van der Waals surface area contributed by atoms with Crippen LogP contribution >= 0.6 is 11.6 Å². The molecule has 2 N–H and O–H groups in total. The molecule has 1 unspecified atom stereocenters. The van der Waals surface area contributed by atoms with Crippen molar-refractivity contribution in [3.63, 3.8) is 0 Å². The molecular formula is C24H29ClN2O5S. The quantitative estimate of drug-likeness (QED) is 0.582. The number of nitrogens with one attached hydrogen (secondary N) is 1. The molecule has 0 aliphatic carbocycles. The Kier molecular flexibility index (Phi) is 7.82. The van der Waals surface area contributed by atoms with Crippen LogP contribution in [0.15, 0.2) is 53.4 Å². The van der Waals surface area contributed by atoms with E-state index in [0.717, 1.165) is 12.0 Å². The van der Waals surface area contributed by atoms with Gasteiger partial charge < -0.3 is 10.4 Å². The first-order chi connectivity index (χ1) is 15.5. The van der Waals surface area contributed by atoms with E-state index in [4.69, 9.17) is 16.7 Å². The Morgan fingerprint density at radius 1 is 1.12 bits per heavy atom. The second-order valence-electron chi connectivity index (χ2n) is 9.14. The lowest BCUT2D eigenvalue weighted by Crippen LogP contribution is -2.49. The van der Waals surface area contributed by atoms with E-state index in [1.807, 2.05) is 13.8 Å². The Morgan fingerprint density at radius 2 is 1.73 bits per heavy atom. The number of halogens is 1. The van der Waals surface area contributed by atoms with Gasteiger partial charge in [-0.1, -0.05) is 49.7 Å². The number of sulfonamides is 1. The summed E-state index contributed by atoms with van der Waals surface area (Å²) in [5.41, 5.74) is 1.33. The lowest BCUT2D eigenvalue weighted by molar-refractivity contribution is -0.137. The number of amides is 1. The summed E-state index contributed by atoms with van der Waals surface area (Å²) >= 11 is 5.95. The van der Waals surface area contributed by atoms with Gasteiger partial charge in [-0.05, 0) is 60.1 Å². The molecule has 1 fully saturated rings. The van der Waals surface area contributed by atoms with Crippen LogP contribution in [0, 0.1) is 5.41 Å². The van der Waals surface area contributed by atoms with Crippen molar-refractivity contribution >= 4 is 33.5 Å². The van der Waals surface area contributed by atoms with E-state index in [1.165, 1.54) is 28.6 Å². The van der Waals surface area contributed by atoms with Crippen LogP contribution in [0.25, 0.3) is 0 Å². The maximum absolute atomic E-state index is 13.7. The summed E-state index contributed by atoms with van der Waals surface area (Å²) in [6.07, 6.45) is 1.56. The minimum atomic E-state index is -4.01. The molecule has 0 saturated carbocycles. The summed E-state index contributed by atoms with van der Waals surface area (Å²) in [5, 5.41) is 12.2. The highest BCUT2D eigenvalue weighted by Crippen LogP contribution is 2.33. The van der Waals surface area contributed by atoms with Crippen LogP contribution in [0.5, 0.6) is 0 Å². The minimum Gasteiger partial charge on any atom is -0.481 e. The normalized spacial score (nSPS) is 18.5. The molecule has 1 saturated heterocycles. The predicted octanol–water partition coefficient (Wildman–Crippen LogP) is 3.85. The fourth-order valence-electron chi connectivity index (χ4n) is 3.94. The van der Waals surface area contributed by atoms with E-state index in [-0.39, 0.29) is 29.2 Å². The molecule has 1 heterocycles. The zero-order valence-corrected chi connectivity index (χ0v) is 20.3. The van der Waals surface area contributed by atoms with Gasteiger partial charge in [-0.15, -0.1) is 0 Å². The number of nitrogens with zero attached hydrogens (tertiary/aromatic N) is 1. The Bertz CT molecular complexity index is 1100. The third kappa shape index (κ3) is 6.56. The summed E-state index contributed by atoms with van der Waals surface area (Å²) in [6, 6.07) is 12.2. The minimum absolute atomic E-state index is 0.0122. The van der Waals surface area contributed by atoms with Gasteiger partial charge in [0.05, 0.1) is 4.90 Å². The van der Waals surface area contributed by atoms with Crippen molar-refractivity contribution in [2.45, 2.75) is 57.0 Å². The summed E-state index contributed by atoms with van der Waals surface area (Å²) in [5.74, 6) is -1.18. The first-order valence-electron chi connectivity index (χ1n) is 10.8. The molecule has 2 aromatic carbocycles. The second kappa shape index (κ2) is 10.2. The average molecular weight is 493 g/mol. The number of rotatable bonds is 8. The van der Waals surface area contributed by atoms with Gasteiger partial charge in [-0.2, -0.15) is 4.31 Å². The van der Waals surface area contributed by atoms with Crippen molar-refractivity contribution in [2.75, 3.05) is 6.54 Å². The predicted molar refractivity (Wildman–Crippen MR) is 126 cm³/mol. The van der Waals surface area contributed by atoms with Gasteiger partial charge in [0.15, 0.2) is 0 Å². The van der Waals surface area contributed by atoms with Crippen LogP contribution < -0.4 is 5.32 Å². The van der Waals surface area contributed by atoms with E-state index < -0.39 is 22.0 Å². The topological polar surface area (TPSA) is 104 Å². The first kappa shape index (κ1) is 25.2. The molecule has 1 atom stereocenters. The zero-order chi connectivity index (χ0) is 24.2. The number of hydrogen-bond donors (Lipinski definition) is 2. The molecule has 1 aliphatic rings. The highest BCUT2D eigenvalue weighted by atomic mass is 35.5. The zero-order valence-electron chi connectivity index (χ0n) is 18.8. The molecule has 0 aromatic heterocycles. The number of aliphatic carboxylic acids is 1. The van der Waals surface area contributed by atoms with Gasteiger partial charge in [0.25, 0.3) is 0 Å². The average Bonchev–Trinajstić information content (AvgIpc) is 2.88. The van der Waals surface area contributed by atoms with Crippen molar-refractivity contribution in [2.24, 2.45) is 5.41 Å². The number of aryl methyl sites for hydroxylation is 1. The van der Waals surface area contributed by atoms with Crippen LogP contribution in [0.1, 0.15) is 44.2 Å². The largest absolute Gasteiger partial charge is 0.481 e. The third-order valence-electron chi connectivity index (χ3n) is 5.91. The van der Waals surface area contributed by atoms with Crippen LogP contribution in [0.2, 0.25) is 5.02 Å². The maximum Gasteiger partial charge on any atom is 0.303 e. The summed E-state index contributed by atoms with van der Waals surface area (Å²) in [6.45, 7) is 4.57. The lowest BCUT2D eigenvalue weighted by atomic mass is 9.83. The van der Waals surface area contributed by atoms with Gasteiger partial charge >= 0.3 is 5.97 Å². The number of carboxylic acids is 1. The van der Waals surface area contributed by atoms with Crippen molar-refractivity contribution in [1.29, 1.82) is 0 Å². The molecule has 3 rings (SSSR count). The molecule has 2 aromatic rings. The molecule has 1 amide bonds. The van der Waals surface area contributed by atoms with Gasteiger partial charge in [-0.25, -0.2) is 8.42 Å². The lowest BCUT2D eigenvalue weighted by Gasteiger charge is -2.33. The van der Waals surface area contributed by atoms with Crippen LogP contribution in [-0.4, -0.2) is 42.3 Å². The maximum atomic E-state index is 13.7. The molecule has 0 spiro atoms. The highest BCUT2D eigenvalue weighted by Gasteiger charge is 2.40. The number of carbonyl (C=O) groups excluding carboxylic acids is 1. The number of benzene rings is 2. The third-order valence-corrected chi connectivity index (χ3v) is 8.03. The molecule has 1 aliphatic heterocycles. The van der Waals surface area contributed by atoms with E-state index in [0.29, 0.717) is 30.0 Å². The molecule has 9 heteroatoms. The van der Waals surface area contributed by atoms with E-state index in [9.17, 15) is 18.0 Å². The molecule has 0 bridgehead atoms. The summed E-state index contributed by atoms with van der Waals surface area (Å²) < 4.78 is 28.7. The molecular weight excluding hydrogens is 464 g/mol. The van der Waals surface area contributed by atoms with Crippen LogP contribution in [-0.2, 0) is 32.6 Å². The van der Waals surface area contributed by atoms with Crippen molar-refractivity contribution < 1.29 is 23.1 Å². The highest BCUT2D eigenvalue weighted by molar-refractivity contribution is 7.89. The fraction of sp³-hybridized carbons (Fsp3) is 0.417. The van der Waals surface area contributed by atoms with Gasteiger partial charge in [0.2, 0.25) is 15.9 Å². The fourth-order valence-corrected chi connectivity index (χ4v) is 5.64. The van der Waals surface area contributed by atoms with Gasteiger partial charge in [0.1, 0.15) is 6.04 Å². The van der Waals surface area contributed by atoms with Crippen LogP contribution in [0.4, 0.5) is 0 Å². The number of carboxylic acid groups (broad SMARTS) is 1. The van der Waals surface area contributed by atoms with E-state index in [2.05, 4.69) is 5.32 Å². The number of carbonyl (C=O) groups is 2. The number of hydrogen-bond acceptors (Lipinski definition) is 4. The molecule has 7 nitrogen and oxygen atoms in total. The van der Waals surface area contributed by atoms with Crippen molar-refractivity contribution in [3.05, 3.63) is 64.7 Å². The van der Waals surface area contributed by atoms with Crippen molar-refractivity contribution in [1.82, 2.24) is 9.62 Å². The molecule has 0 radical (unpaired) electrons. The SMILES string of the molecule is CC1(C)CCNC(=O)C(N(Cc2ccc(CCC(=O)O)cc2)S(=O)(=O)c2ccc(Cl)cc2)C1. The van der Waals surface area contributed by atoms with Gasteiger partial charge in [0, 0.05) is 24.5 Å². The Hall–Kier alpha value is -2.42. The molecule has 178 valence electrons. The van der Waals surface area contributed by atoms with Crippen molar-refractivity contribution in [3.8, 4) is 0 Å². The molecule has 33 heavy (non-hydrogen) atoms. The Morgan fingerprint density at radius 3 is 2.33 bits per heavy atom. The smallest absolute Gasteiger partial charge is 0.303 e. The van der Waals surface area contributed by atoms with E-state index >= 15 is 0 Å². The monoisotopic (exact) mass is 492 g/mol. The Balaban J connectivity index is 1.97. The Labute approximate surface area is 199 Å². The van der Waals surface area contributed by atoms with E-state index in [1.54, 1.807) is 24.3 Å². The second-order valence-corrected chi connectivity index (χ2v) is 11.5. The summed E-state index contributed by atoms with van der Waals surface area (Å²) in [4.78, 5) is 23.9. The standard InChI is InChI=1S/C24H29ClN2O5S/c1-24(2)13-14-26-23(30)21(15-24)27(33(31,32)20-10-8-19(25)9-11-20)16-18-5-3-17(4-6-18)7-12-22(28)29/h3-6,8-11,21H,7,12-16H2,1-2H3,(H,26,30)(H,28,29). The first-order valence-corrected chi connectivity index (χ1v) is 12.6. The van der Waals surface area contributed by atoms with Gasteiger partial charge in [-0.3, -0.25) is 9.59 Å². The summed E-state index contributed by atoms with van der Waals surface area (Å²) in [7, 11) is -4.01.